The molecule has 126 valence electrons. The van der Waals surface area contributed by atoms with E-state index in [1.165, 1.54) is 0 Å². The Morgan fingerprint density at radius 2 is 1.72 bits per heavy atom. The third kappa shape index (κ3) is 3.85. The first-order chi connectivity index (χ1) is 12.0. The Morgan fingerprint density at radius 1 is 1.00 bits per heavy atom. The molecule has 0 unspecified atom stereocenters. The fraction of sp³-hybridized carbons (Fsp3) is 0. The molecule has 2 N–H and O–H groups in total. The summed E-state index contributed by atoms with van der Waals surface area (Å²) in [4.78, 5) is 24.1. The lowest BCUT2D eigenvalue weighted by atomic mass is 10.0. The van der Waals surface area contributed by atoms with Gasteiger partial charge in [-0.1, -0.05) is 35.3 Å². The van der Waals surface area contributed by atoms with Gasteiger partial charge in [0.1, 0.15) is 10.6 Å². The molecule has 0 saturated carbocycles. The van der Waals surface area contributed by atoms with E-state index in [2.05, 4.69) is 5.32 Å². The van der Waals surface area contributed by atoms with Crippen LogP contribution in [0.1, 0.15) is 20.7 Å². The molecule has 2 aromatic carbocycles. The van der Waals surface area contributed by atoms with Crippen molar-refractivity contribution in [3.63, 3.8) is 0 Å². The minimum atomic E-state index is -1.12. The summed E-state index contributed by atoms with van der Waals surface area (Å²) < 4.78 is 0. The predicted molar refractivity (Wildman–Crippen MR) is 101 cm³/mol. The lowest BCUT2D eigenvalue weighted by Gasteiger charge is -2.06. The van der Waals surface area contributed by atoms with Crippen LogP contribution in [0, 0.1) is 0 Å². The molecule has 4 nitrogen and oxygen atoms in total. The topological polar surface area (TPSA) is 66.4 Å². The molecule has 0 aliphatic carbocycles. The van der Waals surface area contributed by atoms with Gasteiger partial charge in [-0.05, 0) is 42.0 Å². The molecule has 3 rings (SSSR count). The second-order valence-corrected chi connectivity index (χ2v) is 6.88. The van der Waals surface area contributed by atoms with E-state index in [4.69, 9.17) is 23.2 Å². The molecule has 0 atom stereocenters. The van der Waals surface area contributed by atoms with Crippen molar-refractivity contribution in [3.05, 3.63) is 75.1 Å². The number of rotatable bonds is 4. The average Bonchev–Trinajstić information content (AvgIpc) is 2.99. The summed E-state index contributed by atoms with van der Waals surface area (Å²) in [6.45, 7) is 0. The second-order valence-electron chi connectivity index (χ2n) is 5.13. The minimum absolute atomic E-state index is 0.0366. The molecular weight excluding hydrogens is 381 g/mol. The summed E-state index contributed by atoms with van der Waals surface area (Å²) in [5.74, 6) is -1.53. The van der Waals surface area contributed by atoms with Crippen LogP contribution < -0.4 is 5.32 Å². The molecule has 1 amide bonds. The van der Waals surface area contributed by atoms with Crippen molar-refractivity contribution in [2.45, 2.75) is 0 Å². The van der Waals surface area contributed by atoms with Gasteiger partial charge in [0.15, 0.2) is 0 Å². The van der Waals surface area contributed by atoms with E-state index in [1.807, 2.05) is 0 Å². The normalized spacial score (nSPS) is 10.5. The first-order valence-corrected chi connectivity index (χ1v) is 8.77. The Hall–Kier alpha value is -2.34. The SMILES string of the molecule is O=C(Nc1scc(-c2cccc(Cl)c2)c1C(=O)O)c1ccc(Cl)cc1. The van der Waals surface area contributed by atoms with Crippen LogP contribution in [0.5, 0.6) is 0 Å². The summed E-state index contributed by atoms with van der Waals surface area (Å²) in [6, 6.07) is 13.2. The van der Waals surface area contributed by atoms with Crippen LogP contribution in [0.15, 0.2) is 53.9 Å². The maximum absolute atomic E-state index is 12.3. The standard InChI is InChI=1S/C18H11Cl2NO3S/c19-12-6-4-10(5-7-12)16(22)21-17-15(18(23)24)14(9-25-17)11-2-1-3-13(20)8-11/h1-9H,(H,21,22)(H,23,24). The maximum atomic E-state index is 12.3. The van der Waals surface area contributed by atoms with E-state index in [1.54, 1.807) is 53.9 Å². The van der Waals surface area contributed by atoms with E-state index in [-0.39, 0.29) is 10.6 Å². The predicted octanol–water partition coefficient (Wildman–Crippen LogP) is 5.67. The van der Waals surface area contributed by atoms with Gasteiger partial charge >= 0.3 is 5.97 Å². The van der Waals surface area contributed by atoms with Crippen molar-refractivity contribution in [2.24, 2.45) is 0 Å². The second kappa shape index (κ2) is 7.27. The highest BCUT2D eigenvalue weighted by molar-refractivity contribution is 7.15. The van der Waals surface area contributed by atoms with E-state index in [0.717, 1.165) is 11.3 Å². The summed E-state index contributed by atoms with van der Waals surface area (Å²) in [5, 5.41) is 15.2. The quantitative estimate of drug-likeness (QED) is 0.601. The molecule has 7 heteroatoms. The zero-order chi connectivity index (χ0) is 18.0. The Morgan fingerprint density at radius 3 is 2.36 bits per heavy atom. The smallest absolute Gasteiger partial charge is 0.339 e. The number of aromatic carboxylic acids is 1. The van der Waals surface area contributed by atoms with Gasteiger partial charge in [-0.25, -0.2) is 4.79 Å². The summed E-state index contributed by atoms with van der Waals surface area (Å²) in [6.07, 6.45) is 0. The van der Waals surface area contributed by atoms with Gasteiger partial charge < -0.3 is 10.4 Å². The first-order valence-electron chi connectivity index (χ1n) is 7.13. The number of carbonyl (C=O) groups is 2. The van der Waals surface area contributed by atoms with Gasteiger partial charge in [-0.2, -0.15) is 0 Å². The lowest BCUT2D eigenvalue weighted by molar-refractivity contribution is 0.0699. The molecule has 1 aromatic heterocycles. The fourth-order valence-corrected chi connectivity index (χ4v) is 3.58. The number of carbonyl (C=O) groups excluding carboxylic acids is 1. The van der Waals surface area contributed by atoms with Gasteiger partial charge in [0, 0.05) is 26.6 Å². The monoisotopic (exact) mass is 391 g/mol. The number of carboxylic acid groups (broad SMARTS) is 1. The molecule has 25 heavy (non-hydrogen) atoms. The molecule has 0 fully saturated rings. The molecule has 3 aromatic rings. The maximum Gasteiger partial charge on any atom is 0.339 e. The van der Waals surface area contributed by atoms with Crippen molar-refractivity contribution in [3.8, 4) is 11.1 Å². The number of benzene rings is 2. The van der Waals surface area contributed by atoms with E-state index in [0.29, 0.717) is 26.7 Å². The number of amides is 1. The van der Waals surface area contributed by atoms with Crippen molar-refractivity contribution in [1.82, 2.24) is 0 Å². The molecular formula is C18H11Cl2NO3S. The lowest BCUT2D eigenvalue weighted by Crippen LogP contribution is -2.13. The summed E-state index contributed by atoms with van der Waals surface area (Å²) >= 11 is 12.9. The molecule has 0 radical (unpaired) electrons. The third-order valence-electron chi connectivity index (χ3n) is 3.47. The van der Waals surface area contributed by atoms with Crippen LogP contribution in [0.4, 0.5) is 5.00 Å². The third-order valence-corrected chi connectivity index (χ3v) is 4.86. The van der Waals surface area contributed by atoms with Crippen molar-refractivity contribution in [1.29, 1.82) is 0 Å². The molecule has 0 aliphatic rings. The number of thiophene rings is 1. The summed E-state index contributed by atoms with van der Waals surface area (Å²) in [5.41, 5.74) is 1.60. The Balaban J connectivity index is 1.96. The van der Waals surface area contributed by atoms with E-state index in [9.17, 15) is 14.7 Å². The average molecular weight is 392 g/mol. The van der Waals surface area contributed by atoms with Crippen LogP contribution in [0.25, 0.3) is 11.1 Å². The highest BCUT2D eigenvalue weighted by Gasteiger charge is 2.21. The summed E-state index contributed by atoms with van der Waals surface area (Å²) in [7, 11) is 0. The van der Waals surface area contributed by atoms with Gasteiger partial charge in [-0.3, -0.25) is 4.79 Å². The Labute approximate surface area is 157 Å². The number of carboxylic acids is 1. The Bertz CT molecular complexity index is 951. The largest absolute Gasteiger partial charge is 0.478 e. The zero-order valence-electron chi connectivity index (χ0n) is 12.6. The molecule has 0 aliphatic heterocycles. The van der Waals surface area contributed by atoms with Gasteiger partial charge in [0.25, 0.3) is 5.91 Å². The van der Waals surface area contributed by atoms with Crippen LogP contribution in [0.2, 0.25) is 10.0 Å². The fourth-order valence-electron chi connectivity index (χ4n) is 2.31. The van der Waals surface area contributed by atoms with Gasteiger partial charge in [-0.15, -0.1) is 11.3 Å². The van der Waals surface area contributed by atoms with Gasteiger partial charge in [0.05, 0.1) is 0 Å². The molecule has 0 saturated heterocycles. The molecule has 1 heterocycles. The minimum Gasteiger partial charge on any atom is -0.478 e. The van der Waals surface area contributed by atoms with Crippen LogP contribution >= 0.6 is 34.5 Å². The number of hydrogen-bond donors (Lipinski definition) is 2. The number of hydrogen-bond acceptors (Lipinski definition) is 3. The Kier molecular flexibility index (Phi) is 5.08. The number of nitrogens with one attached hydrogen (secondary N) is 1. The zero-order valence-corrected chi connectivity index (χ0v) is 15.0. The molecule has 0 spiro atoms. The highest BCUT2D eigenvalue weighted by atomic mass is 35.5. The van der Waals surface area contributed by atoms with Crippen LogP contribution in [-0.2, 0) is 0 Å². The van der Waals surface area contributed by atoms with Crippen molar-refractivity contribution >= 4 is 51.4 Å². The van der Waals surface area contributed by atoms with Gasteiger partial charge in [0.2, 0.25) is 0 Å². The van der Waals surface area contributed by atoms with Crippen molar-refractivity contribution < 1.29 is 14.7 Å². The van der Waals surface area contributed by atoms with E-state index >= 15 is 0 Å². The number of anilines is 1. The van der Waals surface area contributed by atoms with Crippen LogP contribution in [-0.4, -0.2) is 17.0 Å². The van der Waals surface area contributed by atoms with E-state index < -0.39 is 11.9 Å². The number of halogens is 2. The van der Waals surface area contributed by atoms with Crippen molar-refractivity contribution in [2.75, 3.05) is 5.32 Å². The molecule has 0 bridgehead atoms. The highest BCUT2D eigenvalue weighted by Crippen LogP contribution is 2.36. The van der Waals surface area contributed by atoms with Crippen LogP contribution in [0.3, 0.4) is 0 Å². The first kappa shape index (κ1) is 17.5.